The van der Waals surface area contributed by atoms with Crippen LogP contribution in [0.15, 0.2) is 48.8 Å². The molecule has 1 fully saturated rings. The number of hydrogen-bond acceptors (Lipinski definition) is 8. The Morgan fingerprint density at radius 2 is 2.00 bits per heavy atom. The number of benzene rings is 1. The molecule has 4 amide bonds. The van der Waals surface area contributed by atoms with E-state index in [2.05, 4.69) is 31.1 Å². The maximum absolute atomic E-state index is 12.9. The van der Waals surface area contributed by atoms with Gasteiger partial charge in [0.2, 0.25) is 11.8 Å². The predicted molar refractivity (Wildman–Crippen MR) is 126 cm³/mol. The molecule has 186 valence electrons. The van der Waals surface area contributed by atoms with E-state index in [0.717, 1.165) is 5.56 Å². The first-order valence-electron chi connectivity index (χ1n) is 11.7. The number of imide groups is 1. The van der Waals surface area contributed by atoms with Gasteiger partial charge in [0.1, 0.15) is 6.04 Å². The Balaban J connectivity index is 1.17. The zero-order valence-electron chi connectivity index (χ0n) is 19.7. The van der Waals surface area contributed by atoms with Gasteiger partial charge in [-0.05, 0) is 49.2 Å². The number of rotatable bonds is 5. The Hall–Kier alpha value is -4.94. The van der Waals surface area contributed by atoms with Gasteiger partial charge in [0.15, 0.2) is 17.2 Å². The molecule has 13 nitrogen and oxygen atoms in total. The number of pyridine rings is 1. The van der Waals surface area contributed by atoms with E-state index in [9.17, 15) is 19.2 Å². The fourth-order valence-electron chi connectivity index (χ4n) is 4.69. The van der Waals surface area contributed by atoms with Gasteiger partial charge >= 0.3 is 0 Å². The molecule has 2 N–H and O–H groups in total. The molecule has 2 atom stereocenters. The lowest BCUT2D eigenvalue weighted by atomic mass is 10.0. The maximum atomic E-state index is 12.9. The quantitative estimate of drug-likeness (QED) is 0.377. The zero-order chi connectivity index (χ0) is 25.7. The molecule has 5 heterocycles. The SMILES string of the molecule is CC(NC(=O)c1cn(-c2ccc3c(c2)CN(C2CCC(=O)NC2=O)C3=O)nn1)c1nnc2ccccn12. The molecule has 6 rings (SSSR count). The largest absolute Gasteiger partial charge is 0.341 e. The number of nitrogens with one attached hydrogen (secondary N) is 2. The highest BCUT2D eigenvalue weighted by atomic mass is 16.2. The summed E-state index contributed by atoms with van der Waals surface area (Å²) in [6, 6.07) is 9.56. The number of carbonyl (C=O) groups is 4. The summed E-state index contributed by atoms with van der Waals surface area (Å²) in [7, 11) is 0. The molecule has 2 aliphatic rings. The van der Waals surface area contributed by atoms with Crippen molar-refractivity contribution in [1.82, 2.24) is 45.1 Å². The third kappa shape index (κ3) is 3.90. The number of amides is 4. The molecular weight excluding hydrogens is 478 g/mol. The summed E-state index contributed by atoms with van der Waals surface area (Å²) in [5.74, 6) is -0.891. The van der Waals surface area contributed by atoms with E-state index in [1.54, 1.807) is 29.5 Å². The van der Waals surface area contributed by atoms with Crippen LogP contribution in [0.25, 0.3) is 11.3 Å². The Labute approximate surface area is 209 Å². The summed E-state index contributed by atoms with van der Waals surface area (Å²) in [4.78, 5) is 51.0. The second-order valence-electron chi connectivity index (χ2n) is 8.97. The van der Waals surface area contributed by atoms with Gasteiger partial charge in [-0.2, -0.15) is 0 Å². The van der Waals surface area contributed by atoms with E-state index in [4.69, 9.17) is 0 Å². The standard InChI is InChI=1S/C24H21N9O4/c1-13(21-29-28-19-4-2-3-9-31(19)21)25-22(35)17-12-33(30-27-17)15-5-6-16-14(10-15)11-32(24(16)37)18-7-8-20(34)26-23(18)36/h2-6,9-10,12-13,18H,7-8,11H2,1H3,(H,25,35)(H,26,34,36). The van der Waals surface area contributed by atoms with Crippen molar-refractivity contribution in [2.24, 2.45) is 0 Å². The van der Waals surface area contributed by atoms with Crippen LogP contribution in [-0.4, -0.2) is 64.2 Å². The number of hydrogen-bond donors (Lipinski definition) is 2. The van der Waals surface area contributed by atoms with Crippen LogP contribution in [0.4, 0.5) is 0 Å². The molecule has 13 heteroatoms. The maximum Gasteiger partial charge on any atom is 0.274 e. The van der Waals surface area contributed by atoms with Crippen LogP contribution >= 0.6 is 0 Å². The lowest BCUT2D eigenvalue weighted by Crippen LogP contribution is -2.52. The molecule has 0 aliphatic carbocycles. The Morgan fingerprint density at radius 3 is 2.84 bits per heavy atom. The van der Waals surface area contributed by atoms with Gasteiger partial charge in [-0.15, -0.1) is 15.3 Å². The molecule has 0 saturated carbocycles. The van der Waals surface area contributed by atoms with Crippen molar-refractivity contribution in [3.05, 3.63) is 71.4 Å². The molecule has 0 spiro atoms. The lowest BCUT2D eigenvalue weighted by molar-refractivity contribution is -0.136. The van der Waals surface area contributed by atoms with Gasteiger partial charge < -0.3 is 10.2 Å². The van der Waals surface area contributed by atoms with Crippen LogP contribution in [-0.2, 0) is 16.1 Å². The fraction of sp³-hybridized carbons (Fsp3) is 0.250. The van der Waals surface area contributed by atoms with Gasteiger partial charge in [-0.25, -0.2) is 4.68 Å². The number of fused-ring (bicyclic) bond motifs is 2. The van der Waals surface area contributed by atoms with E-state index >= 15 is 0 Å². The Kier molecular flexibility index (Phi) is 5.25. The highest BCUT2D eigenvalue weighted by Gasteiger charge is 2.39. The van der Waals surface area contributed by atoms with Gasteiger partial charge in [-0.3, -0.25) is 28.9 Å². The summed E-state index contributed by atoms with van der Waals surface area (Å²) in [5.41, 5.74) is 2.61. The minimum Gasteiger partial charge on any atom is -0.341 e. The minimum absolute atomic E-state index is 0.113. The number of piperidine rings is 1. The summed E-state index contributed by atoms with van der Waals surface area (Å²) in [6.45, 7) is 2.04. The fourth-order valence-corrected chi connectivity index (χ4v) is 4.69. The van der Waals surface area contributed by atoms with Crippen molar-refractivity contribution in [2.45, 2.75) is 38.4 Å². The van der Waals surface area contributed by atoms with Crippen LogP contribution < -0.4 is 10.6 Å². The van der Waals surface area contributed by atoms with Crippen molar-refractivity contribution in [2.75, 3.05) is 0 Å². The van der Waals surface area contributed by atoms with Crippen molar-refractivity contribution in [3.63, 3.8) is 0 Å². The molecule has 2 aliphatic heterocycles. The van der Waals surface area contributed by atoms with E-state index in [0.29, 0.717) is 29.1 Å². The number of carbonyl (C=O) groups excluding carboxylic acids is 4. The Morgan fingerprint density at radius 1 is 1.14 bits per heavy atom. The molecule has 0 bridgehead atoms. The molecular formula is C24H21N9O4. The first-order chi connectivity index (χ1) is 17.9. The average molecular weight is 499 g/mol. The van der Waals surface area contributed by atoms with Gasteiger partial charge in [0.05, 0.1) is 17.9 Å². The first kappa shape index (κ1) is 22.5. The van der Waals surface area contributed by atoms with Crippen molar-refractivity contribution in [1.29, 1.82) is 0 Å². The molecule has 1 saturated heterocycles. The second-order valence-corrected chi connectivity index (χ2v) is 8.97. The van der Waals surface area contributed by atoms with Crippen molar-refractivity contribution in [3.8, 4) is 5.69 Å². The lowest BCUT2D eigenvalue weighted by Gasteiger charge is -2.29. The summed E-state index contributed by atoms with van der Waals surface area (Å²) in [5, 5.41) is 21.5. The van der Waals surface area contributed by atoms with E-state index < -0.39 is 23.9 Å². The average Bonchev–Trinajstić information content (AvgIpc) is 3.61. The molecule has 3 aromatic heterocycles. The molecule has 37 heavy (non-hydrogen) atoms. The smallest absolute Gasteiger partial charge is 0.274 e. The van der Waals surface area contributed by atoms with Crippen LogP contribution in [0, 0.1) is 0 Å². The topological polar surface area (TPSA) is 156 Å². The highest BCUT2D eigenvalue weighted by Crippen LogP contribution is 2.29. The van der Waals surface area contributed by atoms with Crippen LogP contribution in [0.3, 0.4) is 0 Å². The minimum atomic E-state index is -0.688. The zero-order valence-corrected chi connectivity index (χ0v) is 19.7. The highest BCUT2D eigenvalue weighted by molar-refractivity contribution is 6.05. The summed E-state index contributed by atoms with van der Waals surface area (Å²) >= 11 is 0. The summed E-state index contributed by atoms with van der Waals surface area (Å²) < 4.78 is 3.25. The summed E-state index contributed by atoms with van der Waals surface area (Å²) in [6.07, 6.45) is 3.81. The van der Waals surface area contributed by atoms with Gasteiger partial charge in [0.25, 0.3) is 11.8 Å². The Bertz CT molecular complexity index is 1590. The van der Waals surface area contributed by atoms with Crippen LogP contribution in [0.1, 0.15) is 58.0 Å². The first-order valence-corrected chi connectivity index (χ1v) is 11.7. The van der Waals surface area contributed by atoms with E-state index in [1.807, 2.05) is 24.4 Å². The third-order valence-corrected chi connectivity index (χ3v) is 6.57. The normalized spacial score (nSPS) is 18.1. The monoisotopic (exact) mass is 499 g/mol. The molecule has 1 aromatic carbocycles. The van der Waals surface area contributed by atoms with Crippen LogP contribution in [0.2, 0.25) is 0 Å². The van der Waals surface area contributed by atoms with Crippen LogP contribution in [0.5, 0.6) is 0 Å². The molecule has 2 unspecified atom stereocenters. The van der Waals surface area contributed by atoms with E-state index in [-0.39, 0.29) is 30.5 Å². The second kappa shape index (κ2) is 8.62. The molecule has 4 aromatic rings. The number of nitrogens with zero attached hydrogens (tertiary/aromatic N) is 7. The van der Waals surface area contributed by atoms with Crippen molar-refractivity contribution < 1.29 is 19.2 Å². The number of aromatic nitrogens is 6. The predicted octanol–water partition coefficient (Wildman–Crippen LogP) is 0.562. The third-order valence-electron chi connectivity index (χ3n) is 6.57. The van der Waals surface area contributed by atoms with Gasteiger partial charge in [-0.1, -0.05) is 11.3 Å². The van der Waals surface area contributed by atoms with E-state index in [1.165, 1.54) is 15.8 Å². The van der Waals surface area contributed by atoms with Crippen molar-refractivity contribution >= 4 is 29.3 Å². The molecule has 0 radical (unpaired) electrons. The van der Waals surface area contributed by atoms with Gasteiger partial charge in [0, 0.05) is 24.7 Å².